The fourth-order valence-corrected chi connectivity index (χ4v) is 2.75. The second-order valence-electron chi connectivity index (χ2n) is 5.19. The van der Waals surface area contributed by atoms with Gasteiger partial charge in [0.25, 0.3) is 0 Å². The average molecular weight is 234 g/mol. The first-order valence-electron chi connectivity index (χ1n) is 6.30. The number of hydrogen-bond donors (Lipinski definition) is 2. The van der Waals surface area contributed by atoms with Crippen molar-refractivity contribution in [3.63, 3.8) is 0 Å². The Morgan fingerprint density at radius 3 is 2.94 bits per heavy atom. The van der Waals surface area contributed by atoms with E-state index in [1.807, 2.05) is 18.2 Å². The maximum Gasteiger partial charge on any atom is 0.120 e. The second kappa shape index (κ2) is 4.96. The standard InChI is InChI=1S/C14H22N2O/c1-11-6-7-14(9-11,10-15)16-12-4-3-5-13(8-12)17-2/h3-5,8,11,16H,6-7,9-10,15H2,1-2H3. The van der Waals surface area contributed by atoms with Gasteiger partial charge in [-0.15, -0.1) is 0 Å². The smallest absolute Gasteiger partial charge is 0.120 e. The van der Waals surface area contributed by atoms with Gasteiger partial charge in [0, 0.05) is 23.8 Å². The largest absolute Gasteiger partial charge is 0.497 e. The van der Waals surface area contributed by atoms with Crippen molar-refractivity contribution in [2.24, 2.45) is 11.7 Å². The number of anilines is 1. The molecule has 0 heterocycles. The van der Waals surface area contributed by atoms with Crippen LogP contribution in [0.15, 0.2) is 24.3 Å². The van der Waals surface area contributed by atoms with Crippen LogP contribution in [0.25, 0.3) is 0 Å². The van der Waals surface area contributed by atoms with Crippen molar-refractivity contribution in [2.45, 2.75) is 31.7 Å². The third kappa shape index (κ3) is 2.72. The quantitative estimate of drug-likeness (QED) is 0.842. The lowest BCUT2D eigenvalue weighted by Gasteiger charge is -2.30. The number of ether oxygens (including phenoxy) is 1. The second-order valence-corrected chi connectivity index (χ2v) is 5.19. The number of nitrogens with two attached hydrogens (primary N) is 1. The van der Waals surface area contributed by atoms with Crippen molar-refractivity contribution in [3.8, 4) is 5.75 Å². The third-order valence-electron chi connectivity index (χ3n) is 3.72. The average Bonchev–Trinajstić information content (AvgIpc) is 2.72. The van der Waals surface area contributed by atoms with Gasteiger partial charge in [0.2, 0.25) is 0 Å². The van der Waals surface area contributed by atoms with Crippen LogP contribution in [0.1, 0.15) is 26.2 Å². The Kier molecular flexibility index (Phi) is 3.57. The van der Waals surface area contributed by atoms with Crippen molar-refractivity contribution in [3.05, 3.63) is 24.3 Å². The summed E-state index contributed by atoms with van der Waals surface area (Å²) in [6, 6.07) is 8.06. The molecular weight excluding hydrogens is 212 g/mol. The first-order valence-corrected chi connectivity index (χ1v) is 6.30. The van der Waals surface area contributed by atoms with Gasteiger partial charge in [-0.05, 0) is 37.3 Å². The van der Waals surface area contributed by atoms with Crippen molar-refractivity contribution in [1.82, 2.24) is 0 Å². The Balaban J connectivity index is 2.12. The highest BCUT2D eigenvalue weighted by atomic mass is 16.5. The molecule has 0 amide bonds. The molecule has 0 aromatic heterocycles. The van der Waals surface area contributed by atoms with E-state index in [0.29, 0.717) is 6.54 Å². The third-order valence-corrected chi connectivity index (χ3v) is 3.72. The zero-order valence-electron chi connectivity index (χ0n) is 10.7. The van der Waals surface area contributed by atoms with Gasteiger partial charge >= 0.3 is 0 Å². The molecule has 0 spiro atoms. The van der Waals surface area contributed by atoms with Crippen LogP contribution in [0, 0.1) is 5.92 Å². The molecule has 2 rings (SSSR count). The van der Waals surface area contributed by atoms with Crippen LogP contribution in [0.4, 0.5) is 5.69 Å². The molecule has 2 unspecified atom stereocenters. The number of hydrogen-bond acceptors (Lipinski definition) is 3. The Bertz CT molecular complexity index is 380. The van der Waals surface area contributed by atoms with E-state index in [4.69, 9.17) is 10.5 Å². The van der Waals surface area contributed by atoms with Gasteiger partial charge in [-0.2, -0.15) is 0 Å². The van der Waals surface area contributed by atoms with Crippen LogP contribution in [-0.4, -0.2) is 19.2 Å². The lowest BCUT2D eigenvalue weighted by molar-refractivity contribution is 0.414. The summed E-state index contributed by atoms with van der Waals surface area (Å²) in [4.78, 5) is 0. The Morgan fingerprint density at radius 2 is 2.35 bits per heavy atom. The molecule has 3 heteroatoms. The number of benzene rings is 1. The molecule has 1 aromatic carbocycles. The van der Waals surface area contributed by atoms with E-state index >= 15 is 0 Å². The summed E-state index contributed by atoms with van der Waals surface area (Å²) in [6.45, 7) is 2.99. The minimum absolute atomic E-state index is 0.0752. The van der Waals surface area contributed by atoms with Crippen LogP contribution >= 0.6 is 0 Å². The molecule has 3 nitrogen and oxygen atoms in total. The maximum atomic E-state index is 5.96. The summed E-state index contributed by atoms with van der Waals surface area (Å²) in [5.74, 6) is 1.64. The normalized spacial score (nSPS) is 28.1. The number of nitrogens with one attached hydrogen (secondary N) is 1. The molecule has 0 radical (unpaired) electrons. The Morgan fingerprint density at radius 1 is 1.53 bits per heavy atom. The van der Waals surface area contributed by atoms with Crippen molar-refractivity contribution in [1.29, 1.82) is 0 Å². The van der Waals surface area contributed by atoms with Gasteiger partial charge in [0.05, 0.1) is 7.11 Å². The van der Waals surface area contributed by atoms with Crippen molar-refractivity contribution < 1.29 is 4.74 Å². The lowest BCUT2D eigenvalue weighted by Crippen LogP contribution is -2.43. The summed E-state index contributed by atoms with van der Waals surface area (Å²) < 4.78 is 5.24. The van der Waals surface area contributed by atoms with E-state index < -0.39 is 0 Å². The predicted molar refractivity (Wildman–Crippen MR) is 71.4 cm³/mol. The number of rotatable bonds is 4. The first-order chi connectivity index (χ1) is 8.17. The monoisotopic (exact) mass is 234 g/mol. The highest BCUT2D eigenvalue weighted by Gasteiger charge is 2.36. The molecule has 2 atom stereocenters. The zero-order valence-corrected chi connectivity index (χ0v) is 10.7. The molecule has 0 aliphatic heterocycles. The molecule has 1 saturated carbocycles. The van der Waals surface area contributed by atoms with Gasteiger partial charge in [0.15, 0.2) is 0 Å². The molecule has 94 valence electrons. The minimum Gasteiger partial charge on any atom is -0.497 e. The van der Waals surface area contributed by atoms with Crippen LogP contribution in [0.3, 0.4) is 0 Å². The molecule has 1 aliphatic rings. The van der Waals surface area contributed by atoms with Gasteiger partial charge in [-0.3, -0.25) is 0 Å². The minimum atomic E-state index is 0.0752. The highest BCUT2D eigenvalue weighted by Crippen LogP contribution is 2.36. The van der Waals surface area contributed by atoms with Gasteiger partial charge < -0.3 is 15.8 Å². The van der Waals surface area contributed by atoms with E-state index in [1.54, 1.807) is 7.11 Å². The molecule has 0 bridgehead atoms. The van der Waals surface area contributed by atoms with Crippen molar-refractivity contribution in [2.75, 3.05) is 19.0 Å². The van der Waals surface area contributed by atoms with E-state index in [9.17, 15) is 0 Å². The number of methoxy groups -OCH3 is 1. The molecule has 17 heavy (non-hydrogen) atoms. The van der Waals surface area contributed by atoms with Gasteiger partial charge in [0.1, 0.15) is 5.75 Å². The van der Waals surface area contributed by atoms with Gasteiger partial charge in [-0.1, -0.05) is 13.0 Å². The summed E-state index contributed by atoms with van der Waals surface area (Å²) in [5.41, 5.74) is 7.13. The SMILES string of the molecule is COc1cccc(NC2(CN)CCC(C)C2)c1. The molecular formula is C14H22N2O. The molecule has 0 saturated heterocycles. The molecule has 3 N–H and O–H groups in total. The summed E-state index contributed by atoms with van der Waals surface area (Å²) in [5, 5.41) is 3.60. The Labute approximate surface area is 103 Å². The molecule has 1 fully saturated rings. The fraction of sp³-hybridized carbons (Fsp3) is 0.571. The predicted octanol–water partition coefficient (Wildman–Crippen LogP) is 2.62. The van der Waals surface area contributed by atoms with E-state index in [2.05, 4.69) is 18.3 Å². The summed E-state index contributed by atoms with van der Waals surface area (Å²) >= 11 is 0. The fourth-order valence-electron chi connectivity index (χ4n) is 2.75. The molecule has 1 aliphatic carbocycles. The zero-order chi connectivity index (χ0) is 12.3. The Hall–Kier alpha value is -1.22. The lowest BCUT2D eigenvalue weighted by atomic mass is 9.96. The van der Waals surface area contributed by atoms with E-state index in [-0.39, 0.29) is 5.54 Å². The summed E-state index contributed by atoms with van der Waals surface area (Å²) in [7, 11) is 1.69. The first kappa shape index (κ1) is 12.2. The van der Waals surface area contributed by atoms with E-state index in [0.717, 1.165) is 30.2 Å². The van der Waals surface area contributed by atoms with Crippen LogP contribution in [0.2, 0.25) is 0 Å². The van der Waals surface area contributed by atoms with Crippen LogP contribution in [-0.2, 0) is 0 Å². The maximum absolute atomic E-state index is 5.96. The van der Waals surface area contributed by atoms with Crippen LogP contribution in [0.5, 0.6) is 5.75 Å². The highest BCUT2D eigenvalue weighted by molar-refractivity contribution is 5.50. The van der Waals surface area contributed by atoms with Crippen molar-refractivity contribution >= 4 is 5.69 Å². The molecule has 1 aromatic rings. The topological polar surface area (TPSA) is 47.3 Å². The van der Waals surface area contributed by atoms with E-state index in [1.165, 1.54) is 6.42 Å². The van der Waals surface area contributed by atoms with Crippen LogP contribution < -0.4 is 15.8 Å². The van der Waals surface area contributed by atoms with Gasteiger partial charge in [-0.25, -0.2) is 0 Å². The summed E-state index contributed by atoms with van der Waals surface area (Å²) in [6.07, 6.45) is 3.57.